The smallest absolute Gasteiger partial charge is 0.269 e. The molecule has 2 rings (SSSR count). The van der Waals surface area contributed by atoms with Crippen LogP contribution in [0.3, 0.4) is 0 Å². The van der Waals surface area contributed by atoms with Gasteiger partial charge in [-0.25, -0.2) is 0 Å². The summed E-state index contributed by atoms with van der Waals surface area (Å²) in [5.41, 5.74) is 1.26. The first-order valence-corrected chi connectivity index (χ1v) is 6.62. The fourth-order valence-corrected chi connectivity index (χ4v) is 2.69. The maximum atomic E-state index is 10.6. The lowest BCUT2D eigenvalue weighted by molar-refractivity contribution is -0.384. The molecule has 0 unspecified atom stereocenters. The van der Waals surface area contributed by atoms with Crippen LogP contribution in [-0.2, 0) is 11.3 Å². The molecular formula is C14H20N2O3. The summed E-state index contributed by atoms with van der Waals surface area (Å²) in [5.74, 6) is 0. The first-order chi connectivity index (χ1) is 9.11. The molecule has 0 N–H and O–H groups in total. The van der Waals surface area contributed by atoms with Gasteiger partial charge in [-0.1, -0.05) is 12.1 Å². The van der Waals surface area contributed by atoms with Crippen molar-refractivity contribution in [2.24, 2.45) is 0 Å². The van der Waals surface area contributed by atoms with Gasteiger partial charge in [0, 0.05) is 31.8 Å². The van der Waals surface area contributed by atoms with Crippen molar-refractivity contribution < 1.29 is 9.66 Å². The third kappa shape index (κ3) is 3.30. The van der Waals surface area contributed by atoms with Gasteiger partial charge in [-0.3, -0.25) is 15.0 Å². The van der Waals surface area contributed by atoms with Crippen molar-refractivity contribution in [2.75, 3.05) is 13.7 Å². The maximum Gasteiger partial charge on any atom is 0.269 e. The molecule has 0 aliphatic carbocycles. The van der Waals surface area contributed by atoms with Crippen LogP contribution < -0.4 is 0 Å². The first kappa shape index (κ1) is 14.0. The molecule has 1 aliphatic rings. The van der Waals surface area contributed by atoms with E-state index in [1.165, 1.54) is 6.42 Å². The van der Waals surface area contributed by atoms with E-state index < -0.39 is 0 Å². The highest BCUT2D eigenvalue weighted by Gasteiger charge is 2.29. The van der Waals surface area contributed by atoms with E-state index >= 15 is 0 Å². The number of non-ortho nitro benzene ring substituents is 1. The lowest BCUT2D eigenvalue weighted by Crippen LogP contribution is -2.37. The van der Waals surface area contributed by atoms with Crippen molar-refractivity contribution in [3.63, 3.8) is 0 Å². The van der Waals surface area contributed by atoms with Crippen LogP contribution in [0, 0.1) is 10.1 Å². The zero-order valence-electron chi connectivity index (χ0n) is 11.4. The standard InChI is InChI=1S/C14H20N2O3/c1-11(19-2)14-4-3-9-15(14)10-12-5-7-13(8-6-12)16(17)18/h5-8,11,14H,3-4,9-10H2,1-2H3/t11-,14+/m1/s1. The molecule has 1 fully saturated rings. The zero-order valence-corrected chi connectivity index (χ0v) is 11.4. The van der Waals surface area contributed by atoms with E-state index in [1.54, 1.807) is 19.2 Å². The monoisotopic (exact) mass is 264 g/mol. The van der Waals surface area contributed by atoms with Crippen molar-refractivity contribution in [3.8, 4) is 0 Å². The van der Waals surface area contributed by atoms with E-state index in [1.807, 2.05) is 12.1 Å². The number of rotatable bonds is 5. The van der Waals surface area contributed by atoms with Crippen molar-refractivity contribution in [1.29, 1.82) is 0 Å². The highest BCUT2D eigenvalue weighted by atomic mass is 16.6. The minimum atomic E-state index is -0.366. The molecule has 0 radical (unpaired) electrons. The van der Waals surface area contributed by atoms with Crippen molar-refractivity contribution in [1.82, 2.24) is 4.90 Å². The molecule has 2 atom stereocenters. The van der Waals surface area contributed by atoms with Gasteiger partial charge in [0.1, 0.15) is 0 Å². The van der Waals surface area contributed by atoms with E-state index in [0.29, 0.717) is 6.04 Å². The van der Waals surface area contributed by atoms with E-state index in [0.717, 1.165) is 25.1 Å². The van der Waals surface area contributed by atoms with Gasteiger partial charge in [0.15, 0.2) is 0 Å². The largest absolute Gasteiger partial charge is 0.380 e. The van der Waals surface area contributed by atoms with Crippen molar-refractivity contribution >= 4 is 5.69 Å². The van der Waals surface area contributed by atoms with Crippen molar-refractivity contribution in [2.45, 2.75) is 38.5 Å². The molecule has 5 heteroatoms. The van der Waals surface area contributed by atoms with Crippen molar-refractivity contribution in [3.05, 3.63) is 39.9 Å². The second kappa shape index (κ2) is 6.12. The summed E-state index contributed by atoms with van der Waals surface area (Å²) >= 11 is 0. The Morgan fingerprint density at radius 3 is 2.74 bits per heavy atom. The van der Waals surface area contributed by atoms with Crippen LogP contribution in [0.25, 0.3) is 0 Å². The molecule has 0 aromatic heterocycles. The van der Waals surface area contributed by atoms with Gasteiger partial charge in [-0.05, 0) is 31.9 Å². The average Bonchev–Trinajstić information content (AvgIpc) is 2.86. The summed E-state index contributed by atoms with van der Waals surface area (Å²) in [6.45, 7) is 3.99. The number of hydrogen-bond acceptors (Lipinski definition) is 4. The highest BCUT2D eigenvalue weighted by Crippen LogP contribution is 2.24. The van der Waals surface area contributed by atoms with Gasteiger partial charge in [0.2, 0.25) is 0 Å². The maximum absolute atomic E-state index is 10.6. The van der Waals surface area contributed by atoms with Gasteiger partial charge in [-0.15, -0.1) is 0 Å². The minimum Gasteiger partial charge on any atom is -0.380 e. The number of nitrogens with zero attached hydrogens (tertiary/aromatic N) is 2. The van der Waals surface area contributed by atoms with Gasteiger partial charge in [0.05, 0.1) is 11.0 Å². The molecule has 1 aromatic rings. The molecule has 1 aliphatic heterocycles. The number of nitro benzene ring substituents is 1. The molecule has 0 saturated carbocycles. The Morgan fingerprint density at radius 2 is 2.16 bits per heavy atom. The van der Waals surface area contributed by atoms with E-state index in [-0.39, 0.29) is 16.7 Å². The SMILES string of the molecule is CO[C@H](C)[C@@H]1CCCN1Cc1ccc([N+](=O)[O-])cc1. The topological polar surface area (TPSA) is 55.6 Å². The predicted molar refractivity (Wildman–Crippen MR) is 73.0 cm³/mol. The number of ether oxygens (including phenoxy) is 1. The average molecular weight is 264 g/mol. The Hall–Kier alpha value is -1.46. The number of likely N-dealkylation sites (tertiary alicyclic amines) is 1. The summed E-state index contributed by atoms with van der Waals surface area (Å²) in [5, 5.41) is 10.6. The molecule has 104 valence electrons. The van der Waals surface area contributed by atoms with Crippen LogP contribution >= 0.6 is 0 Å². The van der Waals surface area contributed by atoms with E-state index in [9.17, 15) is 10.1 Å². The molecule has 0 spiro atoms. The molecule has 1 saturated heterocycles. The Labute approximate surface area is 113 Å². The Kier molecular flexibility index (Phi) is 4.50. The van der Waals surface area contributed by atoms with E-state index in [2.05, 4.69) is 11.8 Å². The second-order valence-corrected chi connectivity index (χ2v) is 5.04. The van der Waals surface area contributed by atoms with Gasteiger partial charge in [0.25, 0.3) is 5.69 Å². The summed E-state index contributed by atoms with van der Waals surface area (Å²) < 4.78 is 5.42. The number of benzene rings is 1. The normalized spacial score (nSPS) is 21.5. The molecule has 1 heterocycles. The number of methoxy groups -OCH3 is 1. The van der Waals surface area contributed by atoms with Gasteiger partial charge in [-0.2, -0.15) is 0 Å². The van der Waals surface area contributed by atoms with Gasteiger partial charge < -0.3 is 4.74 Å². The van der Waals surface area contributed by atoms with Crippen LogP contribution in [0.15, 0.2) is 24.3 Å². The minimum absolute atomic E-state index is 0.145. The predicted octanol–water partition coefficient (Wildman–Crippen LogP) is 2.59. The van der Waals surface area contributed by atoms with Crippen LogP contribution in [0.4, 0.5) is 5.69 Å². The molecule has 19 heavy (non-hydrogen) atoms. The Balaban J connectivity index is 2.02. The lowest BCUT2D eigenvalue weighted by Gasteiger charge is -2.28. The Morgan fingerprint density at radius 1 is 1.47 bits per heavy atom. The second-order valence-electron chi connectivity index (χ2n) is 5.04. The molecule has 0 bridgehead atoms. The molecule has 0 amide bonds. The zero-order chi connectivity index (χ0) is 13.8. The number of nitro groups is 1. The number of hydrogen-bond donors (Lipinski definition) is 0. The quantitative estimate of drug-likeness (QED) is 0.606. The van der Waals surface area contributed by atoms with Crippen LogP contribution in [-0.4, -0.2) is 35.6 Å². The fourth-order valence-electron chi connectivity index (χ4n) is 2.69. The molecular weight excluding hydrogens is 244 g/mol. The molecule has 5 nitrogen and oxygen atoms in total. The van der Waals surface area contributed by atoms with Gasteiger partial charge >= 0.3 is 0 Å². The summed E-state index contributed by atoms with van der Waals surface area (Å²) in [4.78, 5) is 12.6. The summed E-state index contributed by atoms with van der Waals surface area (Å²) in [7, 11) is 1.74. The van der Waals surface area contributed by atoms with Crippen LogP contribution in [0.1, 0.15) is 25.3 Å². The third-order valence-electron chi connectivity index (χ3n) is 3.86. The fraction of sp³-hybridized carbons (Fsp3) is 0.571. The van der Waals surface area contributed by atoms with Crippen LogP contribution in [0.5, 0.6) is 0 Å². The summed E-state index contributed by atoms with van der Waals surface area (Å²) in [6, 6.07) is 7.26. The lowest BCUT2D eigenvalue weighted by atomic mass is 10.1. The Bertz CT molecular complexity index is 433. The highest BCUT2D eigenvalue weighted by molar-refractivity contribution is 5.32. The third-order valence-corrected chi connectivity index (χ3v) is 3.86. The molecule has 1 aromatic carbocycles. The summed E-state index contributed by atoms with van der Waals surface area (Å²) in [6.07, 6.45) is 2.56. The first-order valence-electron chi connectivity index (χ1n) is 6.62. The van der Waals surface area contributed by atoms with Crippen LogP contribution in [0.2, 0.25) is 0 Å². The van der Waals surface area contributed by atoms with E-state index in [4.69, 9.17) is 4.74 Å².